The molecule has 0 aromatic carbocycles. The van der Waals surface area contributed by atoms with Crippen molar-refractivity contribution in [3.8, 4) is 0 Å². The minimum atomic E-state index is -1.28. The van der Waals surface area contributed by atoms with E-state index in [1.165, 1.54) is 24.3 Å². The number of halogens is 2. The van der Waals surface area contributed by atoms with Crippen LogP contribution in [0.4, 0.5) is 0 Å². The summed E-state index contributed by atoms with van der Waals surface area (Å²) in [7, 11) is -1.28. The molecule has 2 saturated heterocycles. The van der Waals surface area contributed by atoms with Crippen LogP contribution in [0.1, 0.15) is 26.7 Å². The first-order valence-electron chi connectivity index (χ1n) is 9.33. The van der Waals surface area contributed by atoms with Crippen LogP contribution >= 0.6 is 55.4 Å². The maximum absolute atomic E-state index is 4.00. The number of alkyl halides is 2. The van der Waals surface area contributed by atoms with Gasteiger partial charge in [-0.2, -0.15) is 23.5 Å². The van der Waals surface area contributed by atoms with Crippen molar-refractivity contribution in [3.05, 3.63) is 0 Å². The van der Waals surface area contributed by atoms with Gasteiger partial charge in [0.2, 0.25) is 0 Å². The van der Waals surface area contributed by atoms with Gasteiger partial charge in [0.15, 0.2) is 0 Å². The summed E-state index contributed by atoms with van der Waals surface area (Å²) >= 11 is 12.6. The van der Waals surface area contributed by atoms with Gasteiger partial charge in [0.05, 0.1) is 8.07 Å². The molecule has 0 aromatic heterocycles. The first-order valence-corrected chi connectivity index (χ1v) is 16.4. The number of thioether (sulfide) groups is 2. The Labute approximate surface area is 168 Å². The van der Waals surface area contributed by atoms with Crippen LogP contribution in [0.25, 0.3) is 0 Å². The van der Waals surface area contributed by atoms with Crippen molar-refractivity contribution in [2.75, 3.05) is 11.5 Å². The van der Waals surface area contributed by atoms with Crippen LogP contribution in [-0.4, -0.2) is 39.7 Å². The van der Waals surface area contributed by atoms with Gasteiger partial charge in [-0.25, -0.2) is 0 Å². The van der Waals surface area contributed by atoms with Gasteiger partial charge < -0.3 is 0 Å². The zero-order valence-corrected chi connectivity index (χ0v) is 20.5. The molecule has 4 aliphatic rings. The third kappa shape index (κ3) is 2.80. The highest BCUT2D eigenvalue weighted by Gasteiger charge is 2.61. The Kier molecular flexibility index (Phi) is 5.15. The quantitative estimate of drug-likeness (QED) is 0.315. The van der Waals surface area contributed by atoms with Crippen molar-refractivity contribution in [2.45, 2.75) is 71.0 Å². The van der Waals surface area contributed by atoms with E-state index < -0.39 is 8.07 Å². The van der Waals surface area contributed by atoms with Gasteiger partial charge in [-0.1, -0.05) is 58.8 Å². The van der Waals surface area contributed by atoms with Crippen molar-refractivity contribution >= 4 is 63.5 Å². The SMILES string of the molecule is CC1CC2C(Br)CSC2C1[Si](C)(C)C1C(C)CC2C(Br)CSC21. The van der Waals surface area contributed by atoms with E-state index in [2.05, 4.69) is 82.3 Å². The van der Waals surface area contributed by atoms with Gasteiger partial charge in [0.1, 0.15) is 0 Å². The van der Waals surface area contributed by atoms with E-state index in [0.29, 0.717) is 0 Å². The molecule has 10 unspecified atom stereocenters. The van der Waals surface area contributed by atoms with Gasteiger partial charge in [-0.05, 0) is 47.6 Å². The number of rotatable bonds is 2. The lowest BCUT2D eigenvalue weighted by atomic mass is 10.0. The fraction of sp³-hybridized carbons (Fsp3) is 1.00. The average Bonchev–Trinajstić information content (AvgIpc) is 3.16. The highest BCUT2D eigenvalue weighted by atomic mass is 79.9. The van der Waals surface area contributed by atoms with Crippen molar-refractivity contribution in [1.82, 2.24) is 0 Å². The minimum Gasteiger partial charge on any atom is -0.157 e. The van der Waals surface area contributed by atoms with E-state index in [0.717, 1.165) is 54.9 Å². The first-order chi connectivity index (χ1) is 10.8. The van der Waals surface area contributed by atoms with Crippen LogP contribution in [0.5, 0.6) is 0 Å². The summed E-state index contributed by atoms with van der Waals surface area (Å²) in [5, 5.41) is 1.93. The van der Waals surface area contributed by atoms with Crippen LogP contribution in [0.2, 0.25) is 24.2 Å². The van der Waals surface area contributed by atoms with Crippen LogP contribution in [0.3, 0.4) is 0 Å². The summed E-state index contributed by atoms with van der Waals surface area (Å²) in [5.74, 6) is 6.54. The van der Waals surface area contributed by atoms with Gasteiger partial charge in [0.25, 0.3) is 0 Å². The molecule has 2 heterocycles. The number of hydrogen-bond acceptors (Lipinski definition) is 2. The molecule has 4 rings (SSSR count). The second-order valence-electron chi connectivity index (χ2n) is 9.25. The molecule has 0 radical (unpaired) electrons. The van der Waals surface area contributed by atoms with E-state index in [9.17, 15) is 0 Å². The highest BCUT2D eigenvalue weighted by molar-refractivity contribution is 9.09. The summed E-state index contributed by atoms with van der Waals surface area (Å²) in [6, 6.07) is 0. The van der Waals surface area contributed by atoms with Crippen LogP contribution < -0.4 is 0 Å². The fourth-order valence-corrected chi connectivity index (χ4v) is 21.2. The lowest BCUT2D eigenvalue weighted by Gasteiger charge is -2.44. The van der Waals surface area contributed by atoms with E-state index in [-0.39, 0.29) is 0 Å². The molecule has 2 saturated carbocycles. The molecule has 0 nitrogen and oxygen atoms in total. The second-order valence-corrected chi connectivity index (χ2v) is 19.0. The average molecular weight is 498 g/mol. The van der Waals surface area contributed by atoms with Crippen molar-refractivity contribution < 1.29 is 0 Å². The highest BCUT2D eigenvalue weighted by Crippen LogP contribution is 2.65. The summed E-state index contributed by atoms with van der Waals surface area (Å²) in [6.07, 6.45) is 2.97. The van der Waals surface area contributed by atoms with Crippen molar-refractivity contribution in [1.29, 1.82) is 0 Å². The largest absolute Gasteiger partial charge is 0.157 e. The first kappa shape index (κ1) is 18.2. The molecular weight excluding hydrogens is 468 g/mol. The van der Waals surface area contributed by atoms with Crippen LogP contribution in [0.15, 0.2) is 0 Å². The second kappa shape index (κ2) is 6.49. The number of hydrogen-bond donors (Lipinski definition) is 0. The monoisotopic (exact) mass is 496 g/mol. The number of fused-ring (bicyclic) bond motifs is 2. The fourth-order valence-electron chi connectivity index (χ4n) is 6.95. The molecule has 0 N–H and O–H groups in total. The van der Waals surface area contributed by atoms with Gasteiger partial charge >= 0.3 is 0 Å². The van der Waals surface area contributed by atoms with Gasteiger partial charge in [-0.15, -0.1) is 0 Å². The molecule has 10 atom stereocenters. The Hall–Kier alpha value is 1.88. The molecule has 5 heteroatoms. The Morgan fingerprint density at radius 3 is 1.57 bits per heavy atom. The molecular formula is C18H30Br2S2Si. The predicted octanol–water partition coefficient (Wildman–Crippen LogP) is 6.51. The predicted molar refractivity (Wildman–Crippen MR) is 117 cm³/mol. The van der Waals surface area contributed by atoms with Crippen LogP contribution in [0, 0.1) is 23.7 Å². The molecule has 0 aromatic rings. The summed E-state index contributed by atoms with van der Waals surface area (Å²) in [5.41, 5.74) is 2.09. The standard InChI is InChI=1S/C18H30Br2S2Si/c1-9-5-11-13(19)7-21-15(11)17(9)23(3,4)18-10(2)6-12-14(20)8-22-16(12)18/h9-18H,5-8H2,1-4H3. The summed E-state index contributed by atoms with van der Waals surface area (Å²) in [6.45, 7) is 10.7. The van der Waals surface area contributed by atoms with Crippen LogP contribution in [-0.2, 0) is 0 Å². The van der Waals surface area contributed by atoms with E-state index in [1.54, 1.807) is 0 Å². The molecule has 0 spiro atoms. The smallest absolute Gasteiger partial charge is 0.0563 e. The van der Waals surface area contributed by atoms with E-state index in [4.69, 9.17) is 0 Å². The molecule has 0 amide bonds. The third-order valence-corrected chi connectivity index (χ3v) is 19.4. The maximum atomic E-state index is 4.00. The molecule has 132 valence electrons. The maximum Gasteiger partial charge on any atom is 0.0563 e. The molecule has 0 bridgehead atoms. The summed E-state index contributed by atoms with van der Waals surface area (Å²) in [4.78, 5) is 1.58. The zero-order valence-electron chi connectivity index (χ0n) is 14.7. The Balaban J connectivity index is 1.62. The molecule has 4 fully saturated rings. The normalized spacial score (nSPS) is 56.1. The van der Waals surface area contributed by atoms with Crippen molar-refractivity contribution in [2.24, 2.45) is 23.7 Å². The third-order valence-electron chi connectivity index (χ3n) is 7.61. The van der Waals surface area contributed by atoms with E-state index in [1.807, 2.05) is 0 Å². The molecule has 2 aliphatic carbocycles. The lowest BCUT2D eigenvalue weighted by molar-refractivity contribution is 0.519. The van der Waals surface area contributed by atoms with E-state index >= 15 is 0 Å². The van der Waals surface area contributed by atoms with Crippen molar-refractivity contribution in [3.63, 3.8) is 0 Å². The van der Waals surface area contributed by atoms with Gasteiger partial charge in [0, 0.05) is 31.7 Å². The lowest BCUT2D eigenvalue weighted by Crippen LogP contribution is -2.47. The Bertz CT molecular complexity index is 434. The molecule has 23 heavy (non-hydrogen) atoms. The Morgan fingerprint density at radius 1 is 0.783 bits per heavy atom. The zero-order chi connectivity index (χ0) is 16.5. The van der Waals surface area contributed by atoms with Gasteiger partial charge in [-0.3, -0.25) is 0 Å². The minimum absolute atomic E-state index is 0.788. The molecule has 2 aliphatic heterocycles. The summed E-state index contributed by atoms with van der Waals surface area (Å²) < 4.78 is 0. The Morgan fingerprint density at radius 2 is 1.17 bits per heavy atom. The topological polar surface area (TPSA) is 0 Å².